The first-order chi connectivity index (χ1) is 17.4. The molecule has 0 aliphatic carbocycles. The van der Waals surface area contributed by atoms with Gasteiger partial charge in [0.2, 0.25) is 0 Å². The summed E-state index contributed by atoms with van der Waals surface area (Å²) in [6.07, 6.45) is 0. The van der Waals surface area contributed by atoms with Gasteiger partial charge in [0.05, 0.1) is 37.5 Å². The molecule has 0 bridgehead atoms. The highest BCUT2D eigenvalue weighted by molar-refractivity contribution is 7.92. The lowest BCUT2D eigenvalue weighted by molar-refractivity contribution is -0.384. The molecular formula is C22H13Cl3N4O7S. The third kappa shape index (κ3) is 6.87. The number of anilines is 2. The van der Waals surface area contributed by atoms with Gasteiger partial charge in [-0.15, -0.1) is 0 Å². The van der Waals surface area contributed by atoms with Crippen molar-refractivity contribution in [2.45, 2.75) is 4.90 Å². The monoisotopic (exact) mass is 582 g/mol. The zero-order chi connectivity index (χ0) is 27.3. The first kappa shape index (κ1) is 27.7. The molecule has 0 spiro atoms. The van der Waals surface area contributed by atoms with E-state index in [9.17, 15) is 28.1 Å². The lowest BCUT2D eigenvalue weighted by Gasteiger charge is -2.13. The van der Waals surface area contributed by atoms with Crippen molar-refractivity contribution in [1.82, 2.24) is 0 Å². The quantitative estimate of drug-likeness (QED) is 0.211. The number of nitro benzene ring substituents is 1. The third-order valence-electron chi connectivity index (χ3n) is 4.55. The minimum atomic E-state index is -4.29. The fraction of sp³-hybridized carbons (Fsp3) is 0.0455. The van der Waals surface area contributed by atoms with E-state index in [-0.39, 0.29) is 37.7 Å². The number of halogens is 3. The molecule has 0 radical (unpaired) electrons. The van der Waals surface area contributed by atoms with Gasteiger partial charge in [-0.3, -0.25) is 19.6 Å². The largest absolute Gasteiger partial charge is 0.452 e. The summed E-state index contributed by atoms with van der Waals surface area (Å²) in [7, 11) is -4.29. The smallest absolute Gasteiger partial charge is 0.340 e. The molecule has 1 amide bonds. The van der Waals surface area contributed by atoms with Crippen LogP contribution >= 0.6 is 34.8 Å². The third-order valence-corrected chi connectivity index (χ3v) is 6.94. The predicted molar refractivity (Wildman–Crippen MR) is 135 cm³/mol. The molecular weight excluding hydrogens is 571 g/mol. The average Bonchev–Trinajstić information content (AvgIpc) is 2.82. The Hall–Kier alpha value is -3.89. The molecule has 2 N–H and O–H groups in total. The molecule has 37 heavy (non-hydrogen) atoms. The van der Waals surface area contributed by atoms with Gasteiger partial charge in [-0.05, 0) is 36.4 Å². The Bertz CT molecular complexity index is 1570. The Kier molecular flexibility index (Phi) is 8.57. The number of rotatable bonds is 8. The van der Waals surface area contributed by atoms with Crippen LogP contribution in [-0.4, -0.2) is 31.8 Å². The molecule has 0 fully saturated rings. The summed E-state index contributed by atoms with van der Waals surface area (Å²) in [5, 5.41) is 22.1. The van der Waals surface area contributed by atoms with Gasteiger partial charge in [0.15, 0.2) is 6.61 Å². The maximum atomic E-state index is 12.8. The number of ether oxygens (including phenoxy) is 1. The number of nitro groups is 1. The van der Waals surface area contributed by atoms with E-state index in [1.807, 2.05) is 0 Å². The first-order valence-corrected chi connectivity index (χ1v) is 12.5. The number of nitrogens with one attached hydrogen (secondary N) is 2. The topological polar surface area (TPSA) is 168 Å². The minimum Gasteiger partial charge on any atom is -0.452 e. The van der Waals surface area contributed by atoms with E-state index in [1.54, 1.807) is 12.1 Å². The Balaban J connectivity index is 1.75. The highest BCUT2D eigenvalue weighted by atomic mass is 35.5. The molecule has 3 rings (SSSR count). The summed E-state index contributed by atoms with van der Waals surface area (Å²) in [5.41, 5.74) is -0.828. The number of carbonyl (C=O) groups is 2. The van der Waals surface area contributed by atoms with Crippen LogP contribution in [0.3, 0.4) is 0 Å². The van der Waals surface area contributed by atoms with Gasteiger partial charge in [-0.2, -0.15) is 5.26 Å². The Morgan fingerprint density at radius 3 is 2.43 bits per heavy atom. The SMILES string of the molecule is N#Cc1cc([N+](=O)[O-])ccc1NC(=O)COC(=O)c1cc(S(=O)(=O)Nc2cccc(Cl)c2)c(Cl)cc1Cl. The molecule has 0 aliphatic rings. The van der Waals surface area contributed by atoms with Crippen LogP contribution in [0.25, 0.3) is 0 Å². The first-order valence-electron chi connectivity index (χ1n) is 9.84. The van der Waals surface area contributed by atoms with Crippen LogP contribution in [-0.2, 0) is 19.6 Å². The fourth-order valence-corrected chi connectivity index (χ4v) is 4.99. The van der Waals surface area contributed by atoms with Crippen molar-refractivity contribution in [3.63, 3.8) is 0 Å². The summed E-state index contributed by atoms with van der Waals surface area (Å²) in [6, 6.07) is 12.7. The van der Waals surface area contributed by atoms with Gasteiger partial charge >= 0.3 is 5.97 Å². The van der Waals surface area contributed by atoms with Crippen LogP contribution in [0.15, 0.2) is 59.5 Å². The number of carbonyl (C=O) groups excluding carboxylic acids is 2. The van der Waals surface area contributed by atoms with Crippen molar-refractivity contribution in [1.29, 1.82) is 5.26 Å². The highest BCUT2D eigenvalue weighted by Crippen LogP contribution is 2.31. The van der Waals surface area contributed by atoms with Gasteiger partial charge < -0.3 is 10.1 Å². The maximum Gasteiger partial charge on any atom is 0.340 e. The standard InChI is InChI=1S/C22H13Cl3N4O7S/c23-13-2-1-3-14(7-13)28-37(34,35)20-8-16(17(24)9-18(20)25)22(31)36-11-21(30)27-19-5-4-15(29(32)33)6-12(19)10-26/h1-9,28H,11H2,(H,27,30). The van der Waals surface area contributed by atoms with Crippen LogP contribution in [0.4, 0.5) is 17.1 Å². The van der Waals surface area contributed by atoms with Crippen molar-refractivity contribution >= 4 is 73.8 Å². The number of nitrogens with zero attached hydrogens (tertiary/aromatic N) is 2. The second kappa shape index (κ2) is 11.4. The van der Waals surface area contributed by atoms with E-state index in [4.69, 9.17) is 44.8 Å². The molecule has 0 saturated carbocycles. The predicted octanol–water partition coefficient (Wildman–Crippen LogP) is 5.02. The second-order valence-electron chi connectivity index (χ2n) is 7.10. The van der Waals surface area contributed by atoms with Crippen molar-refractivity contribution in [3.05, 3.63) is 90.9 Å². The van der Waals surface area contributed by atoms with Crippen LogP contribution in [0.1, 0.15) is 15.9 Å². The molecule has 0 aliphatic heterocycles. The summed E-state index contributed by atoms with van der Waals surface area (Å²) in [6.45, 7) is -0.845. The molecule has 0 unspecified atom stereocenters. The Morgan fingerprint density at radius 1 is 1.05 bits per heavy atom. The van der Waals surface area contributed by atoms with Gasteiger partial charge in [0.25, 0.3) is 21.6 Å². The molecule has 11 nitrogen and oxygen atoms in total. The summed E-state index contributed by atoms with van der Waals surface area (Å²) in [5.74, 6) is -2.01. The van der Waals surface area contributed by atoms with Crippen molar-refractivity contribution in [3.8, 4) is 6.07 Å². The number of hydrogen-bond acceptors (Lipinski definition) is 8. The fourth-order valence-electron chi connectivity index (χ4n) is 2.90. The molecule has 0 heterocycles. The van der Waals surface area contributed by atoms with E-state index < -0.39 is 43.9 Å². The van der Waals surface area contributed by atoms with E-state index in [0.717, 1.165) is 30.3 Å². The number of non-ortho nitro benzene ring substituents is 1. The van der Waals surface area contributed by atoms with E-state index in [1.165, 1.54) is 18.2 Å². The molecule has 0 aromatic heterocycles. The zero-order valence-corrected chi connectivity index (χ0v) is 21.3. The van der Waals surface area contributed by atoms with Gasteiger partial charge in [-0.1, -0.05) is 40.9 Å². The number of nitriles is 1. The van der Waals surface area contributed by atoms with Gasteiger partial charge in [0, 0.05) is 17.2 Å². The Labute approximate surface area is 224 Å². The zero-order valence-electron chi connectivity index (χ0n) is 18.2. The normalized spacial score (nSPS) is 10.8. The molecule has 3 aromatic rings. The summed E-state index contributed by atoms with van der Waals surface area (Å²) >= 11 is 18.0. The van der Waals surface area contributed by atoms with Crippen LogP contribution in [0, 0.1) is 21.4 Å². The highest BCUT2D eigenvalue weighted by Gasteiger charge is 2.24. The summed E-state index contributed by atoms with van der Waals surface area (Å²) in [4.78, 5) is 34.4. The van der Waals surface area contributed by atoms with Crippen LogP contribution in [0.5, 0.6) is 0 Å². The molecule has 190 valence electrons. The number of hydrogen-bond donors (Lipinski definition) is 2. The molecule has 0 saturated heterocycles. The number of sulfonamides is 1. The van der Waals surface area contributed by atoms with E-state index in [2.05, 4.69) is 10.0 Å². The van der Waals surface area contributed by atoms with E-state index in [0.29, 0.717) is 0 Å². The molecule has 3 aromatic carbocycles. The van der Waals surface area contributed by atoms with Gasteiger partial charge in [-0.25, -0.2) is 13.2 Å². The number of benzene rings is 3. The molecule has 15 heteroatoms. The maximum absolute atomic E-state index is 12.8. The average molecular weight is 584 g/mol. The number of esters is 1. The summed E-state index contributed by atoms with van der Waals surface area (Å²) < 4.78 is 32.9. The van der Waals surface area contributed by atoms with Crippen molar-refractivity contribution in [2.75, 3.05) is 16.6 Å². The van der Waals surface area contributed by atoms with Crippen molar-refractivity contribution < 1.29 is 27.7 Å². The minimum absolute atomic E-state index is 0.0425. The van der Waals surface area contributed by atoms with Crippen LogP contribution < -0.4 is 10.0 Å². The Morgan fingerprint density at radius 2 is 1.78 bits per heavy atom. The molecule has 0 atom stereocenters. The lowest BCUT2D eigenvalue weighted by atomic mass is 10.1. The van der Waals surface area contributed by atoms with Gasteiger partial charge in [0.1, 0.15) is 11.0 Å². The number of amides is 1. The van der Waals surface area contributed by atoms with E-state index >= 15 is 0 Å². The van der Waals surface area contributed by atoms with Crippen LogP contribution in [0.2, 0.25) is 15.1 Å². The lowest BCUT2D eigenvalue weighted by Crippen LogP contribution is -2.22. The van der Waals surface area contributed by atoms with Crippen molar-refractivity contribution in [2.24, 2.45) is 0 Å². The second-order valence-corrected chi connectivity index (χ2v) is 10.0.